The predicted molar refractivity (Wildman–Crippen MR) is 126 cm³/mol. The van der Waals surface area contributed by atoms with Crippen LogP contribution in [-0.2, 0) is 9.53 Å². The number of anilines is 1. The summed E-state index contributed by atoms with van der Waals surface area (Å²) in [5.41, 5.74) is 0.887. The molecule has 1 amide bonds. The number of hydrogen-bond acceptors (Lipinski definition) is 10. The van der Waals surface area contributed by atoms with Crippen LogP contribution in [0.4, 0.5) is 11.4 Å². The number of methoxy groups -OCH3 is 1. The predicted octanol–water partition coefficient (Wildman–Crippen LogP) is 4.52. The number of nitrogens with one attached hydrogen (secondary N) is 1. The van der Waals surface area contributed by atoms with Crippen LogP contribution in [0.2, 0.25) is 0 Å². The van der Waals surface area contributed by atoms with Crippen LogP contribution in [0.5, 0.6) is 5.75 Å². The number of nitrogens with zero attached hydrogens (tertiary/aromatic N) is 3. The van der Waals surface area contributed by atoms with Crippen LogP contribution in [0, 0.1) is 24.0 Å². The third-order valence-electron chi connectivity index (χ3n) is 4.64. The normalized spacial score (nSPS) is 11.8. The summed E-state index contributed by atoms with van der Waals surface area (Å²) in [5, 5.41) is 14.4. The number of carbonyl (C=O) groups excluding carboxylic acids is 2. The lowest BCUT2D eigenvalue weighted by Crippen LogP contribution is -2.23. The van der Waals surface area contributed by atoms with Crippen molar-refractivity contribution >= 4 is 56.6 Å². The van der Waals surface area contributed by atoms with Crippen LogP contribution in [0.25, 0.3) is 10.2 Å². The van der Waals surface area contributed by atoms with E-state index >= 15 is 0 Å². The molecule has 1 aromatic carbocycles. The summed E-state index contributed by atoms with van der Waals surface area (Å²) >= 11 is 2.47. The zero-order valence-corrected chi connectivity index (χ0v) is 20.3. The van der Waals surface area contributed by atoms with E-state index in [9.17, 15) is 19.7 Å². The van der Waals surface area contributed by atoms with Gasteiger partial charge in [0, 0.05) is 11.5 Å². The van der Waals surface area contributed by atoms with E-state index in [-0.39, 0.29) is 24.0 Å². The van der Waals surface area contributed by atoms with E-state index in [1.54, 1.807) is 27.7 Å². The highest BCUT2D eigenvalue weighted by atomic mass is 32.2. The van der Waals surface area contributed by atoms with Crippen LogP contribution < -0.4 is 10.1 Å². The van der Waals surface area contributed by atoms with Crippen LogP contribution in [0.3, 0.4) is 0 Å². The van der Waals surface area contributed by atoms with Gasteiger partial charge in [-0.2, -0.15) is 0 Å². The standard InChI is InChI=1S/C21H22N4O6S2/c1-6-31-21(27)17-10(2)16-19(22-12(4)23-20(16)33-17)32-11(3)18(26)24-14-8-7-13(25(28)29)9-15(14)30-5/h7-9,11H,6H2,1-5H3,(H,24,26)/t11-/m1/s1. The molecule has 33 heavy (non-hydrogen) atoms. The average molecular weight is 491 g/mol. The molecular weight excluding hydrogens is 468 g/mol. The van der Waals surface area contributed by atoms with Crippen LogP contribution in [-0.4, -0.2) is 45.7 Å². The Labute approximate surface area is 197 Å². The molecular formula is C21H22N4O6S2. The molecule has 2 heterocycles. The Hall–Kier alpha value is -3.25. The molecule has 174 valence electrons. The van der Waals surface area contributed by atoms with Gasteiger partial charge in [0.05, 0.1) is 35.6 Å². The van der Waals surface area contributed by atoms with Crippen molar-refractivity contribution in [2.45, 2.75) is 38.0 Å². The minimum atomic E-state index is -0.576. The summed E-state index contributed by atoms with van der Waals surface area (Å²) in [6.07, 6.45) is 0. The largest absolute Gasteiger partial charge is 0.494 e. The number of hydrogen-bond donors (Lipinski definition) is 1. The Kier molecular flexibility index (Phi) is 7.49. The number of non-ortho nitro benzene ring substituents is 1. The number of nitro benzene ring substituents is 1. The zero-order valence-electron chi connectivity index (χ0n) is 18.6. The topological polar surface area (TPSA) is 134 Å². The average Bonchev–Trinajstić information content (AvgIpc) is 3.10. The fourth-order valence-corrected chi connectivity index (χ4v) is 5.27. The van der Waals surface area contributed by atoms with Gasteiger partial charge in [-0.15, -0.1) is 11.3 Å². The van der Waals surface area contributed by atoms with Crippen molar-refractivity contribution in [2.75, 3.05) is 19.0 Å². The van der Waals surface area contributed by atoms with Gasteiger partial charge in [0.1, 0.15) is 26.3 Å². The second-order valence-electron chi connectivity index (χ2n) is 6.92. The quantitative estimate of drug-likeness (QED) is 0.159. The lowest BCUT2D eigenvalue weighted by Gasteiger charge is -2.14. The lowest BCUT2D eigenvalue weighted by molar-refractivity contribution is -0.384. The molecule has 2 aromatic heterocycles. The van der Waals surface area contributed by atoms with Gasteiger partial charge in [0.25, 0.3) is 5.69 Å². The fourth-order valence-electron chi connectivity index (χ4n) is 3.03. The van der Waals surface area contributed by atoms with Crippen LogP contribution in [0.15, 0.2) is 23.2 Å². The fraction of sp³-hybridized carbons (Fsp3) is 0.333. The summed E-state index contributed by atoms with van der Waals surface area (Å²) in [5.74, 6) is -0.0492. The summed E-state index contributed by atoms with van der Waals surface area (Å²) < 4.78 is 10.3. The van der Waals surface area contributed by atoms with Gasteiger partial charge in [-0.1, -0.05) is 11.8 Å². The van der Waals surface area contributed by atoms with E-state index in [1.165, 1.54) is 48.4 Å². The lowest BCUT2D eigenvalue weighted by atomic mass is 10.2. The summed E-state index contributed by atoms with van der Waals surface area (Å²) in [7, 11) is 1.37. The van der Waals surface area contributed by atoms with E-state index in [2.05, 4.69) is 15.3 Å². The molecule has 10 nitrogen and oxygen atoms in total. The highest BCUT2D eigenvalue weighted by Gasteiger charge is 2.24. The highest BCUT2D eigenvalue weighted by molar-refractivity contribution is 8.00. The number of thiophene rings is 1. The number of aryl methyl sites for hydroxylation is 2. The number of esters is 1. The summed E-state index contributed by atoms with van der Waals surface area (Å²) in [4.78, 5) is 45.7. The third kappa shape index (κ3) is 5.22. The van der Waals surface area contributed by atoms with Gasteiger partial charge in [-0.05, 0) is 39.3 Å². The zero-order chi connectivity index (χ0) is 24.3. The number of rotatable bonds is 8. The molecule has 1 atom stereocenters. The van der Waals surface area contributed by atoms with Gasteiger partial charge in [-0.25, -0.2) is 14.8 Å². The molecule has 3 aromatic rings. The van der Waals surface area contributed by atoms with Crippen molar-refractivity contribution in [1.29, 1.82) is 0 Å². The minimum Gasteiger partial charge on any atom is -0.494 e. The van der Waals surface area contributed by atoms with Crippen LogP contribution in [0.1, 0.15) is 34.9 Å². The maximum atomic E-state index is 12.9. The first-order valence-corrected chi connectivity index (χ1v) is 11.6. The maximum Gasteiger partial charge on any atom is 0.348 e. The van der Waals surface area contributed by atoms with Crippen molar-refractivity contribution in [3.8, 4) is 5.75 Å². The van der Waals surface area contributed by atoms with E-state index in [1.807, 2.05) is 0 Å². The smallest absolute Gasteiger partial charge is 0.348 e. The van der Waals surface area contributed by atoms with E-state index in [0.29, 0.717) is 37.2 Å². The monoisotopic (exact) mass is 490 g/mol. The molecule has 0 bridgehead atoms. The molecule has 0 aliphatic carbocycles. The molecule has 1 N–H and O–H groups in total. The van der Waals surface area contributed by atoms with E-state index in [0.717, 1.165) is 0 Å². The van der Waals surface area contributed by atoms with Crippen molar-refractivity contribution < 1.29 is 24.0 Å². The van der Waals surface area contributed by atoms with E-state index < -0.39 is 16.1 Å². The number of thioether (sulfide) groups is 1. The van der Waals surface area contributed by atoms with Gasteiger partial charge in [-0.3, -0.25) is 14.9 Å². The molecule has 0 aliphatic heterocycles. The second kappa shape index (κ2) is 10.1. The Morgan fingerprint density at radius 3 is 2.67 bits per heavy atom. The Bertz CT molecular complexity index is 1240. The summed E-state index contributed by atoms with van der Waals surface area (Å²) in [6.45, 7) is 7.28. The molecule has 0 fully saturated rings. The summed E-state index contributed by atoms with van der Waals surface area (Å²) in [6, 6.07) is 3.96. The molecule has 0 aliphatic rings. The number of benzene rings is 1. The SMILES string of the molecule is CCOC(=O)c1sc2nc(C)nc(S[C@H](C)C(=O)Nc3ccc([N+](=O)[O-])cc3OC)c2c1C. The number of nitro groups is 1. The Morgan fingerprint density at radius 2 is 2.03 bits per heavy atom. The molecule has 3 rings (SSSR count). The number of carbonyl (C=O) groups is 2. The maximum absolute atomic E-state index is 12.9. The number of amides is 1. The molecule has 0 saturated carbocycles. The van der Waals surface area contributed by atoms with Gasteiger partial charge >= 0.3 is 5.97 Å². The third-order valence-corrected chi connectivity index (χ3v) is 6.89. The molecule has 0 spiro atoms. The van der Waals surface area contributed by atoms with Crippen molar-refractivity contribution in [3.05, 3.63) is 44.6 Å². The highest BCUT2D eigenvalue weighted by Crippen LogP contribution is 2.38. The Morgan fingerprint density at radius 1 is 1.30 bits per heavy atom. The van der Waals surface area contributed by atoms with Crippen molar-refractivity contribution in [2.24, 2.45) is 0 Å². The Balaban J connectivity index is 1.87. The first-order chi connectivity index (χ1) is 15.7. The number of ether oxygens (including phenoxy) is 2. The van der Waals surface area contributed by atoms with Gasteiger partial charge < -0.3 is 14.8 Å². The number of fused-ring (bicyclic) bond motifs is 1. The molecule has 0 unspecified atom stereocenters. The van der Waals surface area contributed by atoms with Gasteiger partial charge in [0.2, 0.25) is 5.91 Å². The van der Waals surface area contributed by atoms with Crippen molar-refractivity contribution in [1.82, 2.24) is 9.97 Å². The second-order valence-corrected chi connectivity index (χ2v) is 9.25. The minimum absolute atomic E-state index is 0.142. The first kappa shape index (κ1) is 24.4. The van der Waals surface area contributed by atoms with Crippen LogP contribution >= 0.6 is 23.1 Å². The van der Waals surface area contributed by atoms with Gasteiger partial charge in [0.15, 0.2) is 0 Å². The molecule has 0 radical (unpaired) electrons. The number of aromatic nitrogens is 2. The molecule has 12 heteroatoms. The first-order valence-electron chi connectivity index (χ1n) is 9.91. The van der Waals surface area contributed by atoms with Crippen molar-refractivity contribution in [3.63, 3.8) is 0 Å². The molecule has 0 saturated heterocycles. The van der Waals surface area contributed by atoms with E-state index in [4.69, 9.17) is 9.47 Å².